The Bertz CT molecular complexity index is 615. The van der Waals surface area contributed by atoms with E-state index in [9.17, 15) is 4.79 Å². The van der Waals surface area contributed by atoms with E-state index in [1.807, 2.05) is 16.7 Å². The summed E-state index contributed by atoms with van der Waals surface area (Å²) < 4.78 is 2.00. The molecular formula is C14H19N5O. The van der Waals surface area contributed by atoms with Crippen LogP contribution in [0.15, 0.2) is 24.5 Å². The van der Waals surface area contributed by atoms with Gasteiger partial charge in [0.25, 0.3) is 0 Å². The van der Waals surface area contributed by atoms with Crippen LogP contribution in [-0.2, 0) is 11.2 Å². The van der Waals surface area contributed by atoms with E-state index in [1.54, 1.807) is 7.05 Å². The van der Waals surface area contributed by atoms with Gasteiger partial charge in [-0.05, 0) is 12.1 Å². The summed E-state index contributed by atoms with van der Waals surface area (Å²) in [6, 6.07) is 4.10. The second-order valence-electron chi connectivity index (χ2n) is 4.97. The van der Waals surface area contributed by atoms with Gasteiger partial charge in [0.2, 0.25) is 5.91 Å². The molecule has 1 fully saturated rings. The lowest BCUT2D eigenvalue weighted by Crippen LogP contribution is -2.43. The Kier molecular flexibility index (Phi) is 3.56. The molecule has 3 rings (SSSR count). The van der Waals surface area contributed by atoms with Crippen molar-refractivity contribution < 1.29 is 4.79 Å². The third-order valence-corrected chi connectivity index (χ3v) is 3.59. The predicted octanol–water partition coefficient (Wildman–Crippen LogP) is 0.0324. The van der Waals surface area contributed by atoms with Gasteiger partial charge in [0, 0.05) is 45.6 Å². The molecule has 0 radical (unpaired) electrons. The van der Waals surface area contributed by atoms with Crippen LogP contribution in [0.1, 0.15) is 5.69 Å². The third kappa shape index (κ3) is 2.60. The maximum Gasteiger partial charge on any atom is 0.225 e. The fourth-order valence-corrected chi connectivity index (χ4v) is 2.48. The van der Waals surface area contributed by atoms with Crippen LogP contribution in [0.2, 0.25) is 0 Å². The number of pyridine rings is 1. The first-order chi connectivity index (χ1) is 9.76. The van der Waals surface area contributed by atoms with Gasteiger partial charge in [-0.3, -0.25) is 4.79 Å². The van der Waals surface area contributed by atoms with Crippen LogP contribution in [0.3, 0.4) is 0 Å². The Morgan fingerprint density at radius 1 is 1.35 bits per heavy atom. The molecule has 1 aliphatic rings. The standard InChI is InChI=1S/C14H19N5O/c1-15-14(20)8-11-9-19-10-12(2-3-13(19)17-11)18-6-4-16-5-7-18/h2-3,9-10,16H,4-8H2,1H3,(H,15,20). The first-order valence-corrected chi connectivity index (χ1v) is 6.90. The Morgan fingerprint density at radius 3 is 2.90 bits per heavy atom. The fourth-order valence-electron chi connectivity index (χ4n) is 2.48. The summed E-state index contributed by atoms with van der Waals surface area (Å²) in [5.74, 6) is -0.0178. The minimum atomic E-state index is -0.0178. The molecule has 2 aromatic heterocycles. The maximum absolute atomic E-state index is 11.4. The number of aromatic nitrogens is 2. The van der Waals surface area contributed by atoms with Crippen LogP contribution in [0.5, 0.6) is 0 Å². The molecule has 20 heavy (non-hydrogen) atoms. The number of carbonyl (C=O) groups excluding carboxylic acids is 1. The maximum atomic E-state index is 11.4. The third-order valence-electron chi connectivity index (χ3n) is 3.59. The van der Waals surface area contributed by atoms with Gasteiger partial charge >= 0.3 is 0 Å². The normalized spacial score (nSPS) is 15.6. The summed E-state index contributed by atoms with van der Waals surface area (Å²) in [4.78, 5) is 18.2. The number of imidazole rings is 1. The topological polar surface area (TPSA) is 61.7 Å². The molecule has 2 aromatic rings. The zero-order valence-corrected chi connectivity index (χ0v) is 11.6. The Labute approximate surface area is 117 Å². The predicted molar refractivity (Wildman–Crippen MR) is 78.0 cm³/mol. The number of hydrogen-bond donors (Lipinski definition) is 2. The zero-order chi connectivity index (χ0) is 13.9. The smallest absolute Gasteiger partial charge is 0.225 e. The molecule has 0 bridgehead atoms. The molecule has 1 saturated heterocycles. The summed E-state index contributed by atoms with van der Waals surface area (Å²) in [6.45, 7) is 4.07. The van der Waals surface area contributed by atoms with E-state index in [1.165, 1.54) is 5.69 Å². The van der Waals surface area contributed by atoms with Crippen LogP contribution < -0.4 is 15.5 Å². The van der Waals surface area contributed by atoms with Gasteiger partial charge in [0.15, 0.2) is 0 Å². The van der Waals surface area contributed by atoms with Crippen LogP contribution in [0.4, 0.5) is 5.69 Å². The number of piperazine rings is 1. The molecule has 3 heterocycles. The summed E-state index contributed by atoms with van der Waals surface area (Å²) in [6.07, 6.45) is 4.33. The number of anilines is 1. The second kappa shape index (κ2) is 5.50. The van der Waals surface area contributed by atoms with Crippen LogP contribution in [0.25, 0.3) is 5.65 Å². The van der Waals surface area contributed by atoms with Gasteiger partial charge < -0.3 is 19.9 Å². The number of fused-ring (bicyclic) bond motifs is 1. The molecule has 0 spiro atoms. The van der Waals surface area contributed by atoms with E-state index in [0.29, 0.717) is 6.42 Å². The highest BCUT2D eigenvalue weighted by molar-refractivity contribution is 5.77. The average Bonchev–Trinajstić information content (AvgIpc) is 2.89. The van der Waals surface area contributed by atoms with Crippen LogP contribution in [-0.4, -0.2) is 48.5 Å². The van der Waals surface area contributed by atoms with Crippen molar-refractivity contribution in [3.63, 3.8) is 0 Å². The summed E-state index contributed by atoms with van der Waals surface area (Å²) in [5, 5.41) is 5.97. The lowest BCUT2D eigenvalue weighted by Gasteiger charge is -2.29. The first kappa shape index (κ1) is 12.9. The van der Waals surface area contributed by atoms with Crippen molar-refractivity contribution in [1.82, 2.24) is 20.0 Å². The summed E-state index contributed by atoms with van der Waals surface area (Å²) in [5.41, 5.74) is 2.87. The van der Waals surface area contributed by atoms with Gasteiger partial charge in [-0.15, -0.1) is 0 Å². The van der Waals surface area contributed by atoms with Gasteiger partial charge in [0.05, 0.1) is 17.8 Å². The molecule has 106 valence electrons. The number of nitrogens with one attached hydrogen (secondary N) is 2. The molecule has 6 nitrogen and oxygen atoms in total. The molecule has 0 aliphatic carbocycles. The highest BCUT2D eigenvalue weighted by Gasteiger charge is 2.12. The number of nitrogens with zero attached hydrogens (tertiary/aromatic N) is 3. The molecule has 0 atom stereocenters. The monoisotopic (exact) mass is 273 g/mol. The number of hydrogen-bond acceptors (Lipinski definition) is 4. The summed E-state index contributed by atoms with van der Waals surface area (Å²) in [7, 11) is 1.64. The van der Waals surface area contributed by atoms with Crippen molar-refractivity contribution in [3.8, 4) is 0 Å². The van der Waals surface area contributed by atoms with Crippen molar-refractivity contribution in [3.05, 3.63) is 30.2 Å². The van der Waals surface area contributed by atoms with Crippen molar-refractivity contribution in [2.45, 2.75) is 6.42 Å². The lowest BCUT2D eigenvalue weighted by molar-refractivity contribution is -0.120. The molecular weight excluding hydrogens is 254 g/mol. The van der Waals surface area contributed by atoms with Crippen molar-refractivity contribution >= 4 is 17.2 Å². The molecule has 6 heteroatoms. The second-order valence-corrected chi connectivity index (χ2v) is 4.97. The van der Waals surface area contributed by atoms with Crippen LogP contribution >= 0.6 is 0 Å². The number of amides is 1. The van der Waals surface area contributed by atoms with E-state index in [-0.39, 0.29) is 5.91 Å². The molecule has 1 aliphatic heterocycles. The molecule has 0 unspecified atom stereocenters. The number of rotatable bonds is 3. The van der Waals surface area contributed by atoms with Gasteiger partial charge in [0.1, 0.15) is 5.65 Å². The van der Waals surface area contributed by atoms with Gasteiger partial charge in [-0.2, -0.15) is 0 Å². The largest absolute Gasteiger partial charge is 0.368 e. The minimum Gasteiger partial charge on any atom is -0.368 e. The molecule has 0 saturated carbocycles. The van der Waals surface area contributed by atoms with Crippen molar-refractivity contribution in [2.24, 2.45) is 0 Å². The van der Waals surface area contributed by atoms with Crippen molar-refractivity contribution in [2.75, 3.05) is 38.1 Å². The SMILES string of the molecule is CNC(=O)Cc1cn2cc(N3CCNCC3)ccc2n1. The average molecular weight is 273 g/mol. The molecule has 0 aromatic carbocycles. The zero-order valence-electron chi connectivity index (χ0n) is 11.6. The fraction of sp³-hybridized carbons (Fsp3) is 0.429. The summed E-state index contributed by atoms with van der Waals surface area (Å²) >= 11 is 0. The molecule has 1 amide bonds. The lowest BCUT2D eigenvalue weighted by atomic mass is 10.3. The van der Waals surface area contributed by atoms with E-state index >= 15 is 0 Å². The van der Waals surface area contributed by atoms with E-state index in [2.05, 4.69) is 32.8 Å². The van der Waals surface area contributed by atoms with Gasteiger partial charge in [-0.1, -0.05) is 0 Å². The van der Waals surface area contributed by atoms with E-state index in [4.69, 9.17) is 0 Å². The highest BCUT2D eigenvalue weighted by atomic mass is 16.1. The highest BCUT2D eigenvalue weighted by Crippen LogP contribution is 2.17. The number of likely N-dealkylation sites (N-methyl/N-ethyl adjacent to an activating group) is 1. The van der Waals surface area contributed by atoms with Gasteiger partial charge in [-0.25, -0.2) is 4.98 Å². The quantitative estimate of drug-likeness (QED) is 0.828. The Balaban J connectivity index is 1.84. The number of carbonyl (C=O) groups is 1. The van der Waals surface area contributed by atoms with E-state index in [0.717, 1.165) is 37.5 Å². The minimum absolute atomic E-state index is 0.0178. The van der Waals surface area contributed by atoms with Crippen LogP contribution in [0, 0.1) is 0 Å². The molecule has 2 N–H and O–H groups in total. The Morgan fingerprint density at radius 2 is 2.15 bits per heavy atom. The van der Waals surface area contributed by atoms with E-state index < -0.39 is 0 Å². The first-order valence-electron chi connectivity index (χ1n) is 6.90. The Hall–Kier alpha value is -2.08. The van der Waals surface area contributed by atoms with Crippen molar-refractivity contribution in [1.29, 1.82) is 0 Å².